The van der Waals surface area contributed by atoms with Crippen LogP contribution >= 0.6 is 0 Å². The number of carbonyl (C=O) groups is 3. The summed E-state index contributed by atoms with van der Waals surface area (Å²) >= 11 is 0. The van der Waals surface area contributed by atoms with E-state index in [-0.39, 0.29) is 24.3 Å². The van der Waals surface area contributed by atoms with Crippen LogP contribution in [0.15, 0.2) is 12.2 Å². The van der Waals surface area contributed by atoms with Crippen molar-refractivity contribution in [3.05, 3.63) is 12.2 Å². The highest BCUT2D eigenvalue weighted by atomic mass is 16.5. The normalized spacial score (nSPS) is 12.2. The van der Waals surface area contributed by atoms with Crippen molar-refractivity contribution in [3.63, 3.8) is 0 Å². The summed E-state index contributed by atoms with van der Waals surface area (Å²) < 4.78 is 9.17. The molecule has 0 spiro atoms. The molecule has 0 radical (unpaired) electrons. The molecule has 0 aliphatic rings. The highest BCUT2D eigenvalue weighted by Gasteiger charge is 2.07. The third kappa shape index (κ3) is 7.73. The van der Waals surface area contributed by atoms with E-state index in [9.17, 15) is 14.4 Å². The minimum Gasteiger partial charge on any atom is -0.466 e. The first-order chi connectivity index (χ1) is 7.45. The van der Waals surface area contributed by atoms with Gasteiger partial charge in [0.05, 0.1) is 13.2 Å². The monoisotopic (exact) mass is 228 g/mol. The van der Waals surface area contributed by atoms with Gasteiger partial charge in [0.25, 0.3) is 0 Å². The summed E-state index contributed by atoms with van der Waals surface area (Å²) in [6.07, 6.45) is 2.59. The summed E-state index contributed by atoms with van der Waals surface area (Å²) in [5.74, 6) is -1.14. The second kappa shape index (κ2) is 7.62. The van der Waals surface area contributed by atoms with Crippen LogP contribution in [-0.2, 0) is 23.9 Å². The fraction of sp³-hybridized carbons (Fsp3) is 0.545. The molecule has 0 aromatic carbocycles. The Morgan fingerprint density at radius 3 is 2.38 bits per heavy atom. The van der Waals surface area contributed by atoms with Crippen molar-refractivity contribution in [2.75, 3.05) is 7.11 Å². The zero-order valence-electron chi connectivity index (χ0n) is 9.69. The Bertz CT molecular complexity index is 293. The molecular formula is C11H16O5. The molecule has 0 N–H and O–H groups in total. The van der Waals surface area contributed by atoms with Gasteiger partial charge in [-0.1, -0.05) is 0 Å². The minimum atomic E-state index is -0.568. The van der Waals surface area contributed by atoms with Gasteiger partial charge in [-0.25, -0.2) is 4.79 Å². The van der Waals surface area contributed by atoms with Crippen molar-refractivity contribution < 1.29 is 23.9 Å². The first-order valence-electron chi connectivity index (χ1n) is 4.91. The van der Waals surface area contributed by atoms with Gasteiger partial charge >= 0.3 is 11.9 Å². The molecule has 0 bridgehead atoms. The predicted molar refractivity (Wildman–Crippen MR) is 56.6 cm³/mol. The Kier molecular flexibility index (Phi) is 6.83. The second-order valence-corrected chi connectivity index (χ2v) is 3.28. The first-order valence-corrected chi connectivity index (χ1v) is 4.91. The number of ether oxygens (including phenoxy) is 2. The van der Waals surface area contributed by atoms with Crippen molar-refractivity contribution in [2.24, 2.45) is 0 Å². The molecule has 5 nitrogen and oxygen atoms in total. The Balaban J connectivity index is 3.85. The van der Waals surface area contributed by atoms with Crippen LogP contribution in [0.4, 0.5) is 0 Å². The molecule has 16 heavy (non-hydrogen) atoms. The molecule has 0 amide bonds. The maximum atomic E-state index is 11.2. The van der Waals surface area contributed by atoms with E-state index in [4.69, 9.17) is 4.74 Å². The Morgan fingerprint density at radius 2 is 1.88 bits per heavy atom. The van der Waals surface area contributed by atoms with E-state index < -0.39 is 5.97 Å². The second-order valence-electron chi connectivity index (χ2n) is 3.28. The van der Waals surface area contributed by atoms with Crippen LogP contribution < -0.4 is 0 Å². The van der Waals surface area contributed by atoms with Crippen LogP contribution in [0.1, 0.15) is 26.7 Å². The van der Waals surface area contributed by atoms with E-state index in [0.717, 1.165) is 12.2 Å². The summed E-state index contributed by atoms with van der Waals surface area (Å²) in [6.45, 7) is 3.02. The van der Waals surface area contributed by atoms with Crippen molar-refractivity contribution in [2.45, 2.75) is 32.8 Å². The van der Waals surface area contributed by atoms with Crippen LogP contribution in [-0.4, -0.2) is 30.9 Å². The summed E-state index contributed by atoms with van der Waals surface area (Å²) in [5, 5.41) is 0. The Hall–Kier alpha value is -1.65. The van der Waals surface area contributed by atoms with E-state index in [0.29, 0.717) is 6.42 Å². The van der Waals surface area contributed by atoms with Crippen molar-refractivity contribution in [1.82, 2.24) is 0 Å². The van der Waals surface area contributed by atoms with E-state index >= 15 is 0 Å². The third-order valence-electron chi connectivity index (χ3n) is 1.77. The first kappa shape index (κ1) is 14.3. The number of carbonyl (C=O) groups excluding carboxylic acids is 3. The molecule has 0 rings (SSSR count). The van der Waals surface area contributed by atoms with Crippen molar-refractivity contribution in [1.29, 1.82) is 0 Å². The van der Waals surface area contributed by atoms with Gasteiger partial charge in [-0.05, 0) is 19.4 Å². The van der Waals surface area contributed by atoms with E-state index in [2.05, 4.69) is 4.74 Å². The van der Waals surface area contributed by atoms with Gasteiger partial charge in [-0.15, -0.1) is 0 Å². The lowest BCUT2D eigenvalue weighted by atomic mass is 10.1. The van der Waals surface area contributed by atoms with Crippen molar-refractivity contribution >= 4 is 17.7 Å². The number of methoxy groups -OCH3 is 1. The van der Waals surface area contributed by atoms with Crippen LogP contribution in [0.5, 0.6) is 0 Å². The number of ketones is 1. The van der Waals surface area contributed by atoms with Crippen molar-refractivity contribution in [3.8, 4) is 0 Å². The molecule has 1 atom stereocenters. The van der Waals surface area contributed by atoms with E-state index in [1.807, 2.05) is 0 Å². The minimum absolute atomic E-state index is 0.204. The molecule has 0 heterocycles. The lowest BCUT2D eigenvalue weighted by Crippen LogP contribution is -2.13. The molecule has 0 aromatic rings. The highest BCUT2D eigenvalue weighted by Crippen LogP contribution is 2.03. The fourth-order valence-corrected chi connectivity index (χ4v) is 1.00. The number of hydrogen-bond donors (Lipinski definition) is 0. The summed E-state index contributed by atoms with van der Waals surface area (Å²) in [6, 6.07) is 0. The lowest BCUT2D eigenvalue weighted by Gasteiger charge is -2.09. The highest BCUT2D eigenvalue weighted by molar-refractivity contribution is 5.95. The van der Waals surface area contributed by atoms with Gasteiger partial charge in [0, 0.05) is 19.4 Å². The molecule has 0 aliphatic heterocycles. The molecule has 0 saturated heterocycles. The smallest absolute Gasteiger partial charge is 0.330 e. The Labute approximate surface area is 94.4 Å². The number of hydrogen-bond acceptors (Lipinski definition) is 5. The molecule has 0 fully saturated rings. The van der Waals surface area contributed by atoms with Gasteiger partial charge in [0.1, 0.15) is 0 Å². The summed E-state index contributed by atoms with van der Waals surface area (Å²) in [5.41, 5.74) is 0. The SMILES string of the molecule is COC(=O)/C=C/C(=O)CCC(C)OC(C)=O. The fourth-order valence-electron chi connectivity index (χ4n) is 1.00. The van der Waals surface area contributed by atoms with Crippen LogP contribution in [0.25, 0.3) is 0 Å². The summed E-state index contributed by atoms with van der Waals surface area (Å²) in [7, 11) is 1.24. The predicted octanol–water partition coefficient (Wildman–Crippen LogP) is 1.02. The van der Waals surface area contributed by atoms with E-state index in [1.165, 1.54) is 14.0 Å². The number of rotatable bonds is 6. The number of esters is 2. The molecule has 0 saturated carbocycles. The lowest BCUT2D eigenvalue weighted by molar-refractivity contribution is -0.146. The zero-order valence-corrected chi connectivity index (χ0v) is 9.69. The van der Waals surface area contributed by atoms with Gasteiger partial charge in [0.2, 0.25) is 0 Å². The van der Waals surface area contributed by atoms with Crippen LogP contribution in [0.3, 0.4) is 0 Å². The quantitative estimate of drug-likeness (QED) is 0.501. The Morgan fingerprint density at radius 1 is 1.25 bits per heavy atom. The number of allylic oxidation sites excluding steroid dienone is 1. The standard InChI is InChI=1S/C11H16O5/c1-8(16-9(2)12)4-5-10(13)6-7-11(14)15-3/h6-8H,4-5H2,1-3H3/b7-6+. The molecule has 90 valence electrons. The molecule has 0 aliphatic carbocycles. The molecule has 0 aromatic heterocycles. The molecule has 1 unspecified atom stereocenters. The third-order valence-corrected chi connectivity index (χ3v) is 1.77. The zero-order chi connectivity index (χ0) is 12.6. The molecule has 5 heteroatoms. The molecular weight excluding hydrogens is 212 g/mol. The van der Waals surface area contributed by atoms with Gasteiger partial charge < -0.3 is 9.47 Å². The summed E-state index contributed by atoms with van der Waals surface area (Å²) in [4.78, 5) is 32.5. The maximum Gasteiger partial charge on any atom is 0.330 e. The van der Waals surface area contributed by atoms with E-state index in [1.54, 1.807) is 6.92 Å². The van der Waals surface area contributed by atoms with Crippen LogP contribution in [0, 0.1) is 0 Å². The maximum absolute atomic E-state index is 11.2. The van der Waals surface area contributed by atoms with Gasteiger partial charge in [-0.3, -0.25) is 9.59 Å². The van der Waals surface area contributed by atoms with Crippen LogP contribution in [0.2, 0.25) is 0 Å². The average Bonchev–Trinajstić information content (AvgIpc) is 2.22. The average molecular weight is 228 g/mol. The topological polar surface area (TPSA) is 69.7 Å². The van der Waals surface area contributed by atoms with Gasteiger partial charge in [-0.2, -0.15) is 0 Å². The largest absolute Gasteiger partial charge is 0.466 e. The van der Waals surface area contributed by atoms with Gasteiger partial charge in [0.15, 0.2) is 5.78 Å².